The Kier molecular flexibility index (Phi) is 4.94. The summed E-state index contributed by atoms with van der Waals surface area (Å²) in [7, 11) is 0. The van der Waals surface area contributed by atoms with E-state index >= 15 is 0 Å². The Morgan fingerprint density at radius 1 is 1.12 bits per heavy atom. The Balaban J connectivity index is 2.46. The highest BCUT2D eigenvalue weighted by Crippen LogP contribution is 2.21. The molecule has 0 atom stereocenters. The summed E-state index contributed by atoms with van der Waals surface area (Å²) in [6.07, 6.45) is 0.597. The highest BCUT2D eigenvalue weighted by Gasteiger charge is 2.12. The van der Waals surface area contributed by atoms with Gasteiger partial charge in [0.2, 0.25) is 0 Å². The maximum atomic E-state index is 11.9. The van der Waals surface area contributed by atoms with Crippen molar-refractivity contribution >= 4 is 0 Å². The highest BCUT2D eigenvalue weighted by molar-refractivity contribution is 5.27. The van der Waals surface area contributed by atoms with Gasteiger partial charge in [0.05, 0.1) is 6.67 Å². The van der Waals surface area contributed by atoms with Crippen molar-refractivity contribution in [3.8, 4) is 0 Å². The normalized spacial score (nSPS) is 11.8. The van der Waals surface area contributed by atoms with E-state index in [0.29, 0.717) is 6.42 Å². The van der Waals surface area contributed by atoms with Gasteiger partial charge in [-0.1, -0.05) is 45.0 Å². The average Bonchev–Trinajstić information content (AvgIpc) is 2.24. The molecule has 0 heterocycles. The Hall–Kier alpha value is -0.890. The van der Waals surface area contributed by atoms with Crippen LogP contribution in [0, 0.1) is 0 Å². The van der Waals surface area contributed by atoms with E-state index in [9.17, 15) is 4.39 Å². The maximum Gasteiger partial charge on any atom is 0.0906 e. The molecule has 1 aromatic rings. The molecule has 90 valence electrons. The van der Waals surface area contributed by atoms with E-state index < -0.39 is 0 Å². The molecule has 0 aliphatic carbocycles. The predicted molar refractivity (Wildman–Crippen MR) is 67.4 cm³/mol. The second kappa shape index (κ2) is 6.00. The Morgan fingerprint density at radius 3 is 2.25 bits per heavy atom. The summed E-state index contributed by atoms with van der Waals surface area (Å²) in [5, 5.41) is 3.22. The van der Waals surface area contributed by atoms with Crippen molar-refractivity contribution < 1.29 is 4.39 Å². The van der Waals surface area contributed by atoms with Crippen LogP contribution in [0.1, 0.15) is 38.3 Å². The predicted octanol–water partition coefficient (Wildman–Crippen LogP) is 3.43. The average molecular weight is 223 g/mol. The van der Waals surface area contributed by atoms with Gasteiger partial charge in [0.25, 0.3) is 0 Å². The molecule has 1 N–H and O–H groups in total. The molecule has 16 heavy (non-hydrogen) atoms. The Morgan fingerprint density at radius 2 is 1.75 bits per heavy atom. The summed E-state index contributed by atoms with van der Waals surface area (Å²) >= 11 is 0. The van der Waals surface area contributed by atoms with Gasteiger partial charge < -0.3 is 5.32 Å². The van der Waals surface area contributed by atoms with E-state index in [4.69, 9.17) is 0 Å². The van der Waals surface area contributed by atoms with Crippen LogP contribution in [-0.2, 0) is 12.0 Å². The van der Waals surface area contributed by atoms with Crippen molar-refractivity contribution in [1.29, 1.82) is 0 Å². The zero-order valence-electron chi connectivity index (χ0n) is 10.5. The first-order valence-electron chi connectivity index (χ1n) is 5.90. The molecule has 0 aliphatic heterocycles. The van der Waals surface area contributed by atoms with Crippen molar-refractivity contribution in [3.05, 3.63) is 35.4 Å². The van der Waals surface area contributed by atoms with E-state index in [-0.39, 0.29) is 12.1 Å². The van der Waals surface area contributed by atoms with Crippen molar-refractivity contribution in [1.82, 2.24) is 5.32 Å². The van der Waals surface area contributed by atoms with Crippen LogP contribution in [0.5, 0.6) is 0 Å². The minimum Gasteiger partial charge on any atom is -0.313 e. The molecule has 1 aromatic carbocycles. The first kappa shape index (κ1) is 13.2. The zero-order chi connectivity index (χ0) is 12.0. The van der Waals surface area contributed by atoms with E-state index in [0.717, 1.165) is 13.1 Å². The van der Waals surface area contributed by atoms with Gasteiger partial charge >= 0.3 is 0 Å². The van der Waals surface area contributed by atoms with E-state index in [1.807, 2.05) is 0 Å². The van der Waals surface area contributed by atoms with Crippen molar-refractivity contribution in [3.63, 3.8) is 0 Å². The first-order chi connectivity index (χ1) is 7.54. The SMILES string of the molecule is CC(C)(C)c1ccc(CNCCCF)cc1. The van der Waals surface area contributed by atoms with Crippen molar-refractivity contribution in [2.45, 2.75) is 39.2 Å². The monoisotopic (exact) mass is 223 g/mol. The quantitative estimate of drug-likeness (QED) is 0.754. The van der Waals surface area contributed by atoms with Gasteiger partial charge in [-0.05, 0) is 29.5 Å². The number of hydrogen-bond acceptors (Lipinski definition) is 1. The van der Waals surface area contributed by atoms with Crippen molar-refractivity contribution in [2.24, 2.45) is 0 Å². The molecule has 2 heteroatoms. The van der Waals surface area contributed by atoms with Gasteiger partial charge in [-0.3, -0.25) is 4.39 Å². The lowest BCUT2D eigenvalue weighted by Gasteiger charge is -2.19. The van der Waals surface area contributed by atoms with Gasteiger partial charge in [0, 0.05) is 6.54 Å². The fraction of sp³-hybridized carbons (Fsp3) is 0.571. The summed E-state index contributed by atoms with van der Waals surface area (Å²) in [5.41, 5.74) is 2.81. The van der Waals surface area contributed by atoms with Crippen LogP contribution in [-0.4, -0.2) is 13.2 Å². The lowest BCUT2D eigenvalue weighted by atomic mass is 9.87. The number of alkyl halides is 1. The number of halogens is 1. The largest absolute Gasteiger partial charge is 0.313 e. The van der Waals surface area contributed by atoms with E-state index in [1.54, 1.807) is 0 Å². The molecule has 0 saturated carbocycles. The zero-order valence-corrected chi connectivity index (χ0v) is 10.5. The van der Waals surface area contributed by atoms with Gasteiger partial charge in [-0.15, -0.1) is 0 Å². The van der Waals surface area contributed by atoms with Crippen LogP contribution in [0.3, 0.4) is 0 Å². The van der Waals surface area contributed by atoms with Crippen LogP contribution < -0.4 is 5.32 Å². The molecule has 0 unspecified atom stereocenters. The lowest BCUT2D eigenvalue weighted by Crippen LogP contribution is -2.15. The maximum absolute atomic E-state index is 11.9. The molecule has 0 aliphatic rings. The number of benzene rings is 1. The summed E-state index contributed by atoms with van der Waals surface area (Å²) < 4.78 is 11.9. The van der Waals surface area contributed by atoms with Crippen LogP contribution in [0.4, 0.5) is 4.39 Å². The lowest BCUT2D eigenvalue weighted by molar-refractivity contribution is 0.459. The number of hydrogen-bond donors (Lipinski definition) is 1. The van der Waals surface area contributed by atoms with Gasteiger partial charge in [0.15, 0.2) is 0 Å². The minimum atomic E-state index is -0.240. The fourth-order valence-electron chi connectivity index (χ4n) is 1.55. The van der Waals surface area contributed by atoms with Crippen LogP contribution in [0.25, 0.3) is 0 Å². The van der Waals surface area contributed by atoms with Gasteiger partial charge in [-0.25, -0.2) is 0 Å². The van der Waals surface area contributed by atoms with Gasteiger partial charge in [-0.2, -0.15) is 0 Å². The van der Waals surface area contributed by atoms with E-state index in [1.165, 1.54) is 11.1 Å². The highest BCUT2D eigenvalue weighted by atomic mass is 19.1. The molecule has 0 spiro atoms. The molecular weight excluding hydrogens is 201 g/mol. The fourth-order valence-corrected chi connectivity index (χ4v) is 1.55. The van der Waals surface area contributed by atoms with E-state index in [2.05, 4.69) is 50.4 Å². The van der Waals surface area contributed by atoms with Crippen LogP contribution >= 0.6 is 0 Å². The second-order valence-electron chi connectivity index (χ2n) is 5.17. The molecule has 0 bridgehead atoms. The Labute approximate surface area is 98.1 Å². The smallest absolute Gasteiger partial charge is 0.0906 e. The molecular formula is C14H22FN. The summed E-state index contributed by atoms with van der Waals surface area (Å²) in [5.74, 6) is 0. The summed E-state index contributed by atoms with van der Waals surface area (Å²) in [6.45, 7) is 7.96. The second-order valence-corrected chi connectivity index (χ2v) is 5.17. The standard InChI is InChI=1S/C14H22FN/c1-14(2,3)13-7-5-12(6-8-13)11-16-10-4-9-15/h5-8,16H,4,9-11H2,1-3H3. The number of rotatable bonds is 5. The molecule has 0 aromatic heterocycles. The molecule has 0 saturated heterocycles. The van der Waals surface area contributed by atoms with Crippen LogP contribution in [0.2, 0.25) is 0 Å². The Bertz CT molecular complexity index is 298. The summed E-state index contributed by atoms with van der Waals surface area (Å²) in [6, 6.07) is 8.63. The number of nitrogens with one attached hydrogen (secondary N) is 1. The molecule has 0 radical (unpaired) electrons. The topological polar surface area (TPSA) is 12.0 Å². The molecule has 1 nitrogen and oxygen atoms in total. The first-order valence-corrected chi connectivity index (χ1v) is 5.90. The van der Waals surface area contributed by atoms with Crippen molar-refractivity contribution in [2.75, 3.05) is 13.2 Å². The third kappa shape index (κ3) is 4.31. The minimum absolute atomic E-state index is 0.209. The molecule has 0 amide bonds. The summed E-state index contributed by atoms with van der Waals surface area (Å²) in [4.78, 5) is 0. The third-order valence-corrected chi connectivity index (χ3v) is 2.64. The molecule has 0 fully saturated rings. The third-order valence-electron chi connectivity index (χ3n) is 2.64. The van der Waals surface area contributed by atoms with Gasteiger partial charge in [0.1, 0.15) is 0 Å². The van der Waals surface area contributed by atoms with Crippen LogP contribution in [0.15, 0.2) is 24.3 Å². The molecule has 1 rings (SSSR count).